The molecule has 22 heavy (non-hydrogen) atoms. The van der Waals surface area contributed by atoms with Crippen molar-refractivity contribution >= 4 is 11.8 Å². The van der Waals surface area contributed by atoms with Crippen LogP contribution < -0.4 is 5.32 Å². The number of carbonyl (C=O) groups is 2. The van der Waals surface area contributed by atoms with Gasteiger partial charge in [-0.1, -0.05) is 6.92 Å². The Morgan fingerprint density at radius 1 is 1.36 bits per heavy atom. The molecule has 2 fully saturated rings. The van der Waals surface area contributed by atoms with E-state index in [0.29, 0.717) is 19.0 Å². The largest absolute Gasteiger partial charge is 0.467 e. The lowest BCUT2D eigenvalue weighted by molar-refractivity contribution is -0.138. The maximum atomic E-state index is 12.6. The number of nitrogens with one attached hydrogen (secondary N) is 1. The van der Waals surface area contributed by atoms with Crippen LogP contribution in [0.1, 0.15) is 44.8 Å². The Balaban J connectivity index is 1.50. The third-order valence-corrected chi connectivity index (χ3v) is 4.84. The van der Waals surface area contributed by atoms with Gasteiger partial charge in [0.05, 0.1) is 24.6 Å². The first kappa shape index (κ1) is 15.1. The molecular weight excluding hydrogens is 280 g/mol. The first-order valence-corrected chi connectivity index (χ1v) is 8.31. The highest BCUT2D eigenvalue weighted by Crippen LogP contribution is 2.41. The average molecular weight is 304 g/mol. The Morgan fingerprint density at radius 3 is 2.95 bits per heavy atom. The predicted molar refractivity (Wildman–Crippen MR) is 81.8 cm³/mol. The number of hydrogen-bond acceptors (Lipinski definition) is 3. The minimum atomic E-state index is -0.151. The van der Waals surface area contributed by atoms with Crippen LogP contribution in [0.2, 0.25) is 0 Å². The summed E-state index contributed by atoms with van der Waals surface area (Å²) in [5.74, 6) is 0.633. The molecule has 2 heterocycles. The zero-order chi connectivity index (χ0) is 15.5. The molecule has 0 spiro atoms. The maximum absolute atomic E-state index is 12.6. The van der Waals surface area contributed by atoms with Crippen LogP contribution in [0.3, 0.4) is 0 Å². The molecule has 120 valence electrons. The summed E-state index contributed by atoms with van der Waals surface area (Å²) in [6, 6.07) is 4.00. The Labute approximate surface area is 131 Å². The van der Waals surface area contributed by atoms with Gasteiger partial charge >= 0.3 is 0 Å². The molecule has 0 radical (unpaired) electrons. The normalized spacial score (nSPS) is 27.5. The van der Waals surface area contributed by atoms with E-state index in [2.05, 4.69) is 12.2 Å². The lowest BCUT2D eigenvalue weighted by Gasteiger charge is -2.35. The molecule has 0 aromatic carbocycles. The number of likely N-dealkylation sites (tertiary alicyclic amines) is 1. The van der Waals surface area contributed by atoms with Gasteiger partial charge in [0.2, 0.25) is 11.8 Å². The molecule has 0 bridgehead atoms. The summed E-state index contributed by atoms with van der Waals surface area (Å²) in [5, 5.41) is 2.86. The van der Waals surface area contributed by atoms with Crippen molar-refractivity contribution in [3.05, 3.63) is 24.2 Å². The molecule has 1 aliphatic heterocycles. The highest BCUT2D eigenvalue weighted by Gasteiger charge is 2.50. The van der Waals surface area contributed by atoms with Gasteiger partial charge in [0, 0.05) is 12.6 Å². The van der Waals surface area contributed by atoms with Gasteiger partial charge in [-0.3, -0.25) is 9.59 Å². The summed E-state index contributed by atoms with van der Waals surface area (Å²) in [5.41, 5.74) is 0. The Bertz CT molecular complexity index is 526. The van der Waals surface area contributed by atoms with Crippen LogP contribution in [0.4, 0.5) is 0 Å². The fraction of sp³-hybridized carbons (Fsp3) is 0.647. The van der Waals surface area contributed by atoms with E-state index in [9.17, 15) is 9.59 Å². The van der Waals surface area contributed by atoms with Gasteiger partial charge in [-0.2, -0.15) is 0 Å². The number of amides is 2. The first-order valence-electron chi connectivity index (χ1n) is 8.31. The molecule has 5 nitrogen and oxygen atoms in total. The Hall–Kier alpha value is -1.78. The molecule has 1 aliphatic carbocycles. The minimum absolute atomic E-state index is 0.0280. The monoisotopic (exact) mass is 304 g/mol. The molecule has 1 saturated heterocycles. The molecule has 2 aliphatic rings. The molecule has 3 atom stereocenters. The average Bonchev–Trinajstić information content (AvgIpc) is 3.19. The number of nitrogens with zero attached hydrogens (tertiary/aromatic N) is 1. The second-order valence-electron chi connectivity index (χ2n) is 6.34. The quantitative estimate of drug-likeness (QED) is 0.908. The smallest absolute Gasteiger partial charge is 0.226 e. The van der Waals surface area contributed by atoms with Gasteiger partial charge < -0.3 is 14.6 Å². The summed E-state index contributed by atoms with van der Waals surface area (Å²) in [6.45, 7) is 3.38. The summed E-state index contributed by atoms with van der Waals surface area (Å²) in [4.78, 5) is 26.8. The van der Waals surface area contributed by atoms with Gasteiger partial charge in [-0.15, -0.1) is 0 Å². The van der Waals surface area contributed by atoms with Crippen molar-refractivity contribution in [2.45, 2.75) is 51.6 Å². The third kappa shape index (κ3) is 3.18. The molecule has 3 unspecified atom stereocenters. The zero-order valence-corrected chi connectivity index (χ0v) is 13.1. The second-order valence-corrected chi connectivity index (χ2v) is 6.34. The predicted octanol–water partition coefficient (Wildman–Crippen LogP) is 2.32. The maximum Gasteiger partial charge on any atom is 0.226 e. The fourth-order valence-corrected chi connectivity index (χ4v) is 3.40. The second kappa shape index (κ2) is 6.55. The molecule has 3 rings (SSSR count). The minimum Gasteiger partial charge on any atom is -0.467 e. The lowest BCUT2D eigenvalue weighted by Crippen LogP contribution is -2.44. The molecule has 1 N–H and O–H groups in total. The number of piperidine rings is 1. The van der Waals surface area contributed by atoms with Crippen LogP contribution in [0.15, 0.2) is 22.8 Å². The van der Waals surface area contributed by atoms with E-state index < -0.39 is 0 Å². The summed E-state index contributed by atoms with van der Waals surface area (Å²) >= 11 is 0. The highest BCUT2D eigenvalue weighted by molar-refractivity contribution is 5.92. The van der Waals surface area contributed by atoms with E-state index in [1.165, 1.54) is 6.42 Å². The van der Waals surface area contributed by atoms with Crippen LogP contribution >= 0.6 is 0 Å². The zero-order valence-electron chi connectivity index (χ0n) is 13.1. The van der Waals surface area contributed by atoms with Crippen molar-refractivity contribution in [1.82, 2.24) is 10.2 Å². The summed E-state index contributed by atoms with van der Waals surface area (Å²) in [6.07, 6.45) is 6.68. The van der Waals surface area contributed by atoms with E-state index in [4.69, 9.17) is 4.42 Å². The number of hydrogen-bond donors (Lipinski definition) is 1. The van der Waals surface area contributed by atoms with E-state index in [0.717, 1.165) is 31.6 Å². The SMILES string of the molecule is CCC1CCCCN1C(=O)C1CC1C(=O)NCc1ccco1. The van der Waals surface area contributed by atoms with Crippen LogP contribution in [-0.4, -0.2) is 29.3 Å². The van der Waals surface area contributed by atoms with Crippen LogP contribution in [0, 0.1) is 11.8 Å². The molecule has 5 heteroatoms. The molecule has 1 aromatic heterocycles. The standard InChI is InChI=1S/C17H24N2O3/c1-2-12-6-3-4-8-19(12)17(21)15-10-14(15)16(20)18-11-13-7-5-9-22-13/h5,7,9,12,14-15H,2-4,6,8,10-11H2,1H3,(H,18,20). The molecule has 1 aromatic rings. The van der Waals surface area contributed by atoms with Crippen molar-refractivity contribution < 1.29 is 14.0 Å². The first-order chi connectivity index (χ1) is 10.7. The fourth-order valence-electron chi connectivity index (χ4n) is 3.40. The van der Waals surface area contributed by atoms with Gasteiger partial charge in [0.1, 0.15) is 5.76 Å². The molecule has 1 saturated carbocycles. The van der Waals surface area contributed by atoms with Gasteiger partial charge in [0.15, 0.2) is 0 Å². The van der Waals surface area contributed by atoms with Gasteiger partial charge in [-0.05, 0) is 44.2 Å². The van der Waals surface area contributed by atoms with E-state index >= 15 is 0 Å². The summed E-state index contributed by atoms with van der Waals surface area (Å²) in [7, 11) is 0. The van der Waals surface area contributed by atoms with Crippen molar-refractivity contribution in [3.63, 3.8) is 0 Å². The number of rotatable bonds is 5. The van der Waals surface area contributed by atoms with E-state index in [1.54, 1.807) is 12.3 Å². The van der Waals surface area contributed by atoms with Crippen LogP contribution in [0.5, 0.6) is 0 Å². The lowest BCUT2D eigenvalue weighted by atomic mass is 9.99. The van der Waals surface area contributed by atoms with E-state index in [1.807, 2.05) is 11.0 Å². The highest BCUT2D eigenvalue weighted by atomic mass is 16.3. The van der Waals surface area contributed by atoms with Crippen molar-refractivity contribution in [1.29, 1.82) is 0 Å². The van der Waals surface area contributed by atoms with Gasteiger partial charge in [0.25, 0.3) is 0 Å². The molecule has 2 amide bonds. The topological polar surface area (TPSA) is 62.6 Å². The number of carbonyl (C=O) groups excluding carboxylic acids is 2. The van der Waals surface area contributed by atoms with Crippen molar-refractivity contribution in [2.75, 3.05) is 6.54 Å². The Kier molecular flexibility index (Phi) is 4.50. The van der Waals surface area contributed by atoms with Gasteiger partial charge in [-0.25, -0.2) is 0 Å². The van der Waals surface area contributed by atoms with Crippen LogP contribution in [0.25, 0.3) is 0 Å². The third-order valence-electron chi connectivity index (χ3n) is 4.84. The summed E-state index contributed by atoms with van der Waals surface area (Å²) < 4.78 is 5.19. The van der Waals surface area contributed by atoms with Crippen molar-refractivity contribution in [2.24, 2.45) is 11.8 Å². The van der Waals surface area contributed by atoms with Crippen LogP contribution in [-0.2, 0) is 16.1 Å². The van der Waals surface area contributed by atoms with Crippen molar-refractivity contribution in [3.8, 4) is 0 Å². The number of furan rings is 1. The van der Waals surface area contributed by atoms with E-state index in [-0.39, 0.29) is 23.7 Å². The molecular formula is C17H24N2O3. The Morgan fingerprint density at radius 2 is 2.23 bits per heavy atom.